The van der Waals surface area contributed by atoms with Gasteiger partial charge < -0.3 is 19.4 Å². The van der Waals surface area contributed by atoms with E-state index in [1.54, 1.807) is 38.5 Å². The summed E-state index contributed by atoms with van der Waals surface area (Å²) in [6.45, 7) is 3.30. The molecule has 8 nitrogen and oxygen atoms in total. The van der Waals surface area contributed by atoms with Crippen molar-refractivity contribution in [2.75, 3.05) is 27.3 Å². The van der Waals surface area contributed by atoms with E-state index in [4.69, 9.17) is 9.47 Å². The normalized spacial score (nSPS) is 15.5. The molecular weight excluding hydrogens is 442 g/mol. The highest BCUT2D eigenvalue weighted by Crippen LogP contribution is 2.28. The van der Waals surface area contributed by atoms with Crippen molar-refractivity contribution in [3.63, 3.8) is 0 Å². The lowest BCUT2D eigenvalue weighted by molar-refractivity contribution is -0.123. The summed E-state index contributed by atoms with van der Waals surface area (Å²) < 4.78 is 39.7. The smallest absolute Gasteiger partial charge is 0.243 e. The third-order valence-electron chi connectivity index (χ3n) is 6.11. The van der Waals surface area contributed by atoms with Crippen LogP contribution in [0.1, 0.15) is 31.4 Å². The average molecular weight is 472 g/mol. The van der Waals surface area contributed by atoms with Crippen molar-refractivity contribution in [1.29, 1.82) is 0 Å². The van der Waals surface area contributed by atoms with Crippen LogP contribution in [0.15, 0.2) is 53.6 Å². The molecule has 9 heteroatoms. The SMILES string of the molecule is COc1ccc(CNC(=O)[C@H](C)n2ccc3cc(S(=O)(=O)N4CCCC4)ccc32)cc1OC. The van der Waals surface area contributed by atoms with Gasteiger partial charge in [0.15, 0.2) is 11.5 Å². The number of carbonyl (C=O) groups excluding carboxylic acids is 1. The molecule has 0 unspecified atom stereocenters. The third-order valence-corrected chi connectivity index (χ3v) is 8.00. The zero-order valence-electron chi connectivity index (χ0n) is 19.1. The van der Waals surface area contributed by atoms with E-state index in [1.807, 2.05) is 35.9 Å². The molecule has 3 aromatic rings. The van der Waals surface area contributed by atoms with E-state index in [9.17, 15) is 13.2 Å². The summed E-state index contributed by atoms with van der Waals surface area (Å²) in [5.74, 6) is 1.09. The van der Waals surface area contributed by atoms with Gasteiger partial charge >= 0.3 is 0 Å². The first-order valence-electron chi connectivity index (χ1n) is 10.9. The number of ether oxygens (including phenoxy) is 2. The van der Waals surface area contributed by atoms with Gasteiger partial charge in [0.1, 0.15) is 6.04 Å². The van der Waals surface area contributed by atoms with Crippen LogP contribution in [0.4, 0.5) is 0 Å². The summed E-state index contributed by atoms with van der Waals surface area (Å²) in [6, 6.07) is 12.0. The minimum atomic E-state index is -3.48. The fourth-order valence-corrected chi connectivity index (χ4v) is 5.72. The maximum Gasteiger partial charge on any atom is 0.243 e. The van der Waals surface area contributed by atoms with Gasteiger partial charge in [0.05, 0.1) is 19.1 Å². The lowest BCUT2D eigenvalue weighted by Crippen LogP contribution is -2.30. The van der Waals surface area contributed by atoms with E-state index >= 15 is 0 Å². The molecule has 1 fully saturated rings. The molecule has 2 heterocycles. The second kappa shape index (κ2) is 9.44. The van der Waals surface area contributed by atoms with Gasteiger partial charge in [0.2, 0.25) is 15.9 Å². The van der Waals surface area contributed by atoms with E-state index in [-0.39, 0.29) is 5.91 Å². The molecule has 0 aliphatic carbocycles. The number of fused-ring (bicyclic) bond motifs is 1. The predicted octanol–water partition coefficient (Wildman–Crippen LogP) is 3.32. The van der Waals surface area contributed by atoms with Gasteiger partial charge in [-0.15, -0.1) is 0 Å². The Labute approximate surface area is 194 Å². The standard InChI is InChI=1S/C24H29N3O5S/c1-17(24(28)25-16-18-6-9-22(31-2)23(14-18)32-3)27-13-10-19-15-20(7-8-21(19)27)33(29,30)26-11-4-5-12-26/h6-10,13-15,17H,4-5,11-12,16H2,1-3H3,(H,25,28)/t17-/m0/s1. The molecule has 1 aromatic heterocycles. The van der Waals surface area contributed by atoms with Crippen molar-refractivity contribution in [2.24, 2.45) is 0 Å². The minimum absolute atomic E-state index is 0.143. The number of rotatable bonds is 8. The van der Waals surface area contributed by atoms with Crippen LogP contribution in [0.5, 0.6) is 11.5 Å². The number of nitrogens with one attached hydrogen (secondary N) is 1. The second-order valence-electron chi connectivity index (χ2n) is 8.14. The Morgan fingerprint density at radius 3 is 2.45 bits per heavy atom. The molecule has 0 radical (unpaired) electrons. The van der Waals surface area contributed by atoms with E-state index in [0.29, 0.717) is 36.0 Å². The molecule has 33 heavy (non-hydrogen) atoms. The Morgan fingerprint density at radius 1 is 1.03 bits per heavy atom. The summed E-state index contributed by atoms with van der Waals surface area (Å²) in [6.07, 6.45) is 3.61. The quantitative estimate of drug-likeness (QED) is 0.544. The first-order valence-corrected chi connectivity index (χ1v) is 12.4. The minimum Gasteiger partial charge on any atom is -0.493 e. The first kappa shape index (κ1) is 23.1. The van der Waals surface area contributed by atoms with E-state index in [2.05, 4.69) is 5.32 Å². The molecule has 1 atom stereocenters. The lowest BCUT2D eigenvalue weighted by atomic mass is 10.2. The molecule has 1 aliphatic heterocycles. The highest BCUT2D eigenvalue weighted by Gasteiger charge is 2.27. The fourth-order valence-electron chi connectivity index (χ4n) is 4.17. The zero-order chi connectivity index (χ0) is 23.6. The number of methoxy groups -OCH3 is 2. The molecule has 0 saturated carbocycles. The van der Waals surface area contributed by atoms with E-state index in [1.165, 1.54) is 4.31 Å². The maximum atomic E-state index is 12.9. The molecule has 176 valence electrons. The van der Waals surface area contributed by atoms with Crippen molar-refractivity contribution < 1.29 is 22.7 Å². The molecule has 1 aliphatic rings. The summed E-state index contributed by atoms with van der Waals surface area (Å²) in [5, 5.41) is 3.74. The van der Waals surface area contributed by atoms with Crippen LogP contribution in [0.3, 0.4) is 0 Å². The number of carbonyl (C=O) groups is 1. The van der Waals surface area contributed by atoms with Gasteiger partial charge in [0, 0.05) is 36.7 Å². The number of sulfonamides is 1. The highest BCUT2D eigenvalue weighted by molar-refractivity contribution is 7.89. The Morgan fingerprint density at radius 2 is 1.76 bits per heavy atom. The van der Waals surface area contributed by atoms with E-state index in [0.717, 1.165) is 29.3 Å². The van der Waals surface area contributed by atoms with Crippen LogP contribution in [0, 0.1) is 0 Å². The van der Waals surface area contributed by atoms with Crippen LogP contribution in [0.25, 0.3) is 10.9 Å². The molecule has 1 N–H and O–H groups in total. The number of hydrogen-bond donors (Lipinski definition) is 1. The highest BCUT2D eigenvalue weighted by atomic mass is 32.2. The molecular formula is C24H29N3O5S. The molecule has 2 aromatic carbocycles. The monoisotopic (exact) mass is 471 g/mol. The summed E-state index contributed by atoms with van der Waals surface area (Å²) in [7, 11) is -0.335. The molecule has 1 amide bonds. The van der Waals surface area contributed by atoms with Crippen LogP contribution in [-0.2, 0) is 21.4 Å². The number of amides is 1. The zero-order valence-corrected chi connectivity index (χ0v) is 19.9. The number of benzene rings is 2. The van der Waals surface area contributed by atoms with E-state index < -0.39 is 16.1 Å². The van der Waals surface area contributed by atoms with Gasteiger partial charge in [-0.25, -0.2) is 8.42 Å². The molecule has 0 bridgehead atoms. The third kappa shape index (κ3) is 4.56. The van der Waals surface area contributed by atoms with Crippen LogP contribution in [0.2, 0.25) is 0 Å². The molecule has 1 saturated heterocycles. The molecule has 4 rings (SSSR count). The summed E-state index contributed by atoms with van der Waals surface area (Å²) in [4.78, 5) is 13.1. The lowest BCUT2D eigenvalue weighted by Gasteiger charge is -2.17. The van der Waals surface area contributed by atoms with Crippen LogP contribution >= 0.6 is 0 Å². The Bertz CT molecular complexity index is 1260. The van der Waals surface area contributed by atoms with Gasteiger partial charge in [0.25, 0.3) is 0 Å². The van der Waals surface area contributed by atoms with Crippen molar-refractivity contribution in [1.82, 2.24) is 14.2 Å². The second-order valence-corrected chi connectivity index (χ2v) is 10.1. The van der Waals surface area contributed by atoms with Gasteiger partial charge in [-0.2, -0.15) is 4.31 Å². The predicted molar refractivity (Wildman–Crippen MR) is 126 cm³/mol. The number of aromatic nitrogens is 1. The van der Waals surface area contributed by atoms with Crippen molar-refractivity contribution in [3.8, 4) is 11.5 Å². The Balaban J connectivity index is 1.48. The van der Waals surface area contributed by atoms with Gasteiger partial charge in [-0.1, -0.05) is 6.07 Å². The Hall–Kier alpha value is -3.04. The molecule has 0 spiro atoms. The fraction of sp³-hybridized carbons (Fsp3) is 0.375. The van der Waals surface area contributed by atoms with Gasteiger partial charge in [-0.05, 0) is 61.7 Å². The first-order chi connectivity index (χ1) is 15.8. The van der Waals surface area contributed by atoms with Crippen LogP contribution < -0.4 is 14.8 Å². The van der Waals surface area contributed by atoms with Crippen molar-refractivity contribution in [2.45, 2.75) is 37.2 Å². The van der Waals surface area contributed by atoms with Crippen LogP contribution in [-0.4, -0.2) is 50.5 Å². The van der Waals surface area contributed by atoms with Crippen molar-refractivity contribution in [3.05, 3.63) is 54.2 Å². The average Bonchev–Trinajstić information content (AvgIpc) is 3.52. The maximum absolute atomic E-state index is 12.9. The van der Waals surface area contributed by atoms with Crippen molar-refractivity contribution >= 4 is 26.8 Å². The summed E-state index contributed by atoms with van der Waals surface area (Å²) in [5.41, 5.74) is 1.70. The number of nitrogens with zero attached hydrogens (tertiary/aromatic N) is 2. The van der Waals surface area contributed by atoms with Gasteiger partial charge in [-0.3, -0.25) is 4.79 Å². The summed E-state index contributed by atoms with van der Waals surface area (Å²) >= 11 is 0. The largest absolute Gasteiger partial charge is 0.493 e. The Kier molecular flexibility index (Phi) is 6.62. The number of hydrogen-bond acceptors (Lipinski definition) is 5. The topological polar surface area (TPSA) is 89.9 Å².